The maximum Gasteiger partial charge on any atom is 0.261 e. The smallest absolute Gasteiger partial charge is 0.261 e. The highest BCUT2D eigenvalue weighted by atomic mass is 32.2. The Kier molecular flexibility index (Phi) is 6.91. The van der Waals surface area contributed by atoms with Crippen molar-refractivity contribution >= 4 is 33.0 Å². The largest absolute Gasteiger partial charge is 0.497 e. The summed E-state index contributed by atoms with van der Waals surface area (Å²) in [5.74, 6) is 0.447. The highest BCUT2D eigenvalue weighted by Crippen LogP contribution is 2.20. The second-order valence-corrected chi connectivity index (χ2v) is 9.13. The Bertz CT molecular complexity index is 1090. The van der Waals surface area contributed by atoms with Crippen molar-refractivity contribution in [2.75, 3.05) is 18.4 Å². The van der Waals surface area contributed by atoms with Crippen molar-refractivity contribution in [3.05, 3.63) is 89.1 Å². The third-order valence-corrected chi connectivity index (χ3v) is 6.58. The van der Waals surface area contributed by atoms with Gasteiger partial charge in [0.15, 0.2) is 0 Å². The van der Waals surface area contributed by atoms with E-state index in [1.165, 1.54) is 24.3 Å². The van der Waals surface area contributed by atoms with E-state index in [1.807, 2.05) is 17.5 Å². The summed E-state index contributed by atoms with van der Waals surface area (Å²) in [5, 5.41) is 1.96. The van der Waals surface area contributed by atoms with Gasteiger partial charge in [-0.05, 0) is 60.0 Å². The van der Waals surface area contributed by atoms with Crippen LogP contribution in [0.4, 0.5) is 5.69 Å². The lowest BCUT2D eigenvalue weighted by atomic mass is 10.2. The molecular weight excluding hydrogens is 420 g/mol. The standard InChI is InChI=1S/C22H22N2O4S2/c1-3-14-24(16-20-5-4-15-29-20)22(25)17-6-12-21(13-7-17)30(26,27)23-18-8-10-19(28-2)11-9-18/h3-13,15,23H,1,14,16H2,2H3. The molecule has 0 saturated carbocycles. The van der Waals surface area contributed by atoms with Gasteiger partial charge in [0.25, 0.3) is 15.9 Å². The van der Waals surface area contributed by atoms with E-state index in [4.69, 9.17) is 4.74 Å². The molecule has 8 heteroatoms. The fraction of sp³-hybridized carbons (Fsp3) is 0.136. The molecule has 0 aliphatic carbocycles. The number of carbonyl (C=O) groups excluding carboxylic acids is 1. The average molecular weight is 443 g/mol. The van der Waals surface area contributed by atoms with Crippen LogP contribution in [0, 0.1) is 0 Å². The van der Waals surface area contributed by atoms with Crippen LogP contribution in [0.5, 0.6) is 5.75 Å². The first-order chi connectivity index (χ1) is 14.4. The molecule has 30 heavy (non-hydrogen) atoms. The molecule has 0 aliphatic heterocycles. The van der Waals surface area contributed by atoms with Crippen LogP contribution < -0.4 is 9.46 Å². The Balaban J connectivity index is 1.74. The van der Waals surface area contributed by atoms with Crippen LogP contribution in [0.25, 0.3) is 0 Å². The van der Waals surface area contributed by atoms with Gasteiger partial charge in [-0.2, -0.15) is 0 Å². The number of hydrogen-bond acceptors (Lipinski definition) is 5. The van der Waals surface area contributed by atoms with E-state index in [0.717, 1.165) is 4.88 Å². The third-order valence-electron chi connectivity index (χ3n) is 4.32. The molecule has 0 unspecified atom stereocenters. The predicted molar refractivity (Wildman–Crippen MR) is 120 cm³/mol. The number of hydrogen-bond donors (Lipinski definition) is 1. The van der Waals surface area contributed by atoms with Crippen LogP contribution in [-0.4, -0.2) is 32.9 Å². The van der Waals surface area contributed by atoms with Gasteiger partial charge in [-0.1, -0.05) is 12.1 Å². The number of rotatable bonds is 9. The van der Waals surface area contributed by atoms with Crippen molar-refractivity contribution < 1.29 is 17.9 Å². The predicted octanol–water partition coefficient (Wildman–Crippen LogP) is 4.39. The van der Waals surface area contributed by atoms with Gasteiger partial charge < -0.3 is 9.64 Å². The normalized spacial score (nSPS) is 11.0. The molecule has 1 N–H and O–H groups in total. The van der Waals surface area contributed by atoms with Crippen LogP contribution in [0.2, 0.25) is 0 Å². The van der Waals surface area contributed by atoms with Gasteiger partial charge in [0.05, 0.1) is 18.6 Å². The molecule has 0 spiro atoms. The fourth-order valence-corrected chi connectivity index (χ4v) is 4.58. The summed E-state index contributed by atoms with van der Waals surface area (Å²) in [6.45, 7) is 4.59. The zero-order valence-corrected chi connectivity index (χ0v) is 18.1. The number of nitrogens with zero attached hydrogens (tertiary/aromatic N) is 1. The van der Waals surface area contributed by atoms with Gasteiger partial charge in [0, 0.05) is 22.7 Å². The van der Waals surface area contributed by atoms with Gasteiger partial charge in [-0.15, -0.1) is 17.9 Å². The molecule has 0 atom stereocenters. The highest BCUT2D eigenvalue weighted by Gasteiger charge is 2.18. The Hall–Kier alpha value is -3.10. The molecule has 0 bridgehead atoms. The van der Waals surface area contributed by atoms with Crippen LogP contribution in [0.15, 0.2) is 83.6 Å². The van der Waals surface area contributed by atoms with E-state index in [9.17, 15) is 13.2 Å². The van der Waals surface area contributed by atoms with Crippen LogP contribution in [0.1, 0.15) is 15.2 Å². The molecule has 2 aromatic carbocycles. The van der Waals surface area contributed by atoms with Crippen LogP contribution in [-0.2, 0) is 16.6 Å². The first-order valence-corrected chi connectivity index (χ1v) is 11.5. The molecule has 3 rings (SSSR count). The molecule has 1 amide bonds. The van der Waals surface area contributed by atoms with Crippen LogP contribution in [0.3, 0.4) is 0 Å². The number of benzene rings is 2. The summed E-state index contributed by atoms with van der Waals surface area (Å²) in [6, 6.07) is 16.4. The lowest BCUT2D eigenvalue weighted by Crippen LogP contribution is -2.30. The van der Waals surface area contributed by atoms with E-state index in [-0.39, 0.29) is 10.8 Å². The van der Waals surface area contributed by atoms with Crippen molar-refractivity contribution in [1.82, 2.24) is 4.90 Å². The number of nitrogens with one attached hydrogen (secondary N) is 1. The SMILES string of the molecule is C=CCN(Cc1cccs1)C(=O)c1ccc(S(=O)(=O)Nc2ccc(OC)cc2)cc1. The Labute approximate surface area is 180 Å². The minimum atomic E-state index is -3.78. The second kappa shape index (κ2) is 9.60. The van der Waals surface area contributed by atoms with E-state index < -0.39 is 10.0 Å². The molecule has 6 nitrogen and oxygen atoms in total. The maximum atomic E-state index is 12.9. The van der Waals surface area contributed by atoms with E-state index in [1.54, 1.807) is 53.7 Å². The zero-order chi connectivity index (χ0) is 21.6. The van der Waals surface area contributed by atoms with Crippen molar-refractivity contribution in [3.8, 4) is 5.75 Å². The maximum absolute atomic E-state index is 12.9. The van der Waals surface area contributed by atoms with Crippen molar-refractivity contribution in [3.63, 3.8) is 0 Å². The lowest BCUT2D eigenvalue weighted by Gasteiger charge is -2.20. The summed E-state index contributed by atoms with van der Waals surface area (Å²) < 4.78 is 32.9. The molecular formula is C22H22N2O4S2. The van der Waals surface area contributed by atoms with Crippen molar-refractivity contribution in [1.29, 1.82) is 0 Å². The first-order valence-electron chi connectivity index (χ1n) is 9.12. The molecule has 0 saturated heterocycles. The lowest BCUT2D eigenvalue weighted by molar-refractivity contribution is 0.0764. The van der Waals surface area contributed by atoms with Crippen molar-refractivity contribution in [2.24, 2.45) is 0 Å². The fourth-order valence-electron chi connectivity index (χ4n) is 2.80. The molecule has 0 radical (unpaired) electrons. The van der Waals surface area contributed by atoms with Gasteiger partial charge in [-0.25, -0.2) is 8.42 Å². The molecule has 0 aliphatic rings. The molecule has 0 fully saturated rings. The Morgan fingerprint density at radius 2 is 1.83 bits per heavy atom. The molecule has 3 aromatic rings. The minimum Gasteiger partial charge on any atom is -0.497 e. The van der Waals surface area contributed by atoms with Gasteiger partial charge in [0.1, 0.15) is 5.75 Å². The van der Waals surface area contributed by atoms with Crippen molar-refractivity contribution in [2.45, 2.75) is 11.4 Å². The summed E-state index contributed by atoms with van der Waals surface area (Å²) in [5.41, 5.74) is 0.834. The van der Waals surface area contributed by atoms with E-state index >= 15 is 0 Å². The first kappa shape index (κ1) is 21.6. The zero-order valence-electron chi connectivity index (χ0n) is 16.4. The Morgan fingerprint density at radius 3 is 2.40 bits per heavy atom. The Morgan fingerprint density at radius 1 is 1.13 bits per heavy atom. The van der Waals surface area contributed by atoms with Crippen LogP contribution >= 0.6 is 11.3 Å². The number of methoxy groups -OCH3 is 1. The number of ether oxygens (including phenoxy) is 1. The summed E-state index contributed by atoms with van der Waals surface area (Å²) in [6.07, 6.45) is 1.67. The quantitative estimate of drug-likeness (QED) is 0.499. The minimum absolute atomic E-state index is 0.0726. The topological polar surface area (TPSA) is 75.7 Å². The third kappa shape index (κ3) is 5.28. The number of amides is 1. The number of carbonyl (C=O) groups is 1. The number of anilines is 1. The highest BCUT2D eigenvalue weighted by molar-refractivity contribution is 7.92. The van der Waals surface area contributed by atoms with Gasteiger partial charge >= 0.3 is 0 Å². The summed E-state index contributed by atoms with van der Waals surface area (Å²) in [4.78, 5) is 15.7. The number of sulfonamides is 1. The molecule has 156 valence electrons. The monoisotopic (exact) mass is 442 g/mol. The van der Waals surface area contributed by atoms with E-state index in [0.29, 0.717) is 30.1 Å². The molecule has 1 aromatic heterocycles. The van der Waals surface area contributed by atoms with Gasteiger partial charge in [0.2, 0.25) is 0 Å². The second-order valence-electron chi connectivity index (χ2n) is 6.41. The number of thiophene rings is 1. The van der Waals surface area contributed by atoms with Gasteiger partial charge in [-0.3, -0.25) is 9.52 Å². The summed E-state index contributed by atoms with van der Waals surface area (Å²) >= 11 is 1.58. The summed E-state index contributed by atoms with van der Waals surface area (Å²) in [7, 11) is -2.24. The average Bonchev–Trinajstić information content (AvgIpc) is 3.26. The van der Waals surface area contributed by atoms with E-state index in [2.05, 4.69) is 11.3 Å². The molecule has 1 heterocycles.